The van der Waals surface area contributed by atoms with Gasteiger partial charge in [0, 0.05) is 32.0 Å². The van der Waals surface area contributed by atoms with Crippen molar-refractivity contribution in [3.8, 4) is 17.1 Å². The third kappa shape index (κ3) is 5.31. The van der Waals surface area contributed by atoms with Crippen LogP contribution in [0.25, 0.3) is 23.2 Å². The van der Waals surface area contributed by atoms with Gasteiger partial charge in [0.25, 0.3) is 0 Å². The molecule has 4 heterocycles. The molecular weight excluding hydrogens is 439 g/mol. The monoisotopic (exact) mass is 476 g/mol. The maximum absolute atomic E-state index is 14.8. The molecule has 3 aromatic rings. The molecule has 2 N–H and O–H groups in total. The first-order valence-electron chi connectivity index (χ1n) is 12.6. The number of imidazole rings is 1. The maximum atomic E-state index is 14.8. The Morgan fingerprint density at radius 1 is 1.09 bits per heavy atom. The van der Waals surface area contributed by atoms with Crippen LogP contribution >= 0.6 is 0 Å². The number of nitrogens with zero attached hydrogens (tertiary/aromatic N) is 5. The van der Waals surface area contributed by atoms with Crippen LogP contribution in [0.5, 0.6) is 0 Å². The van der Waals surface area contributed by atoms with Gasteiger partial charge in [-0.05, 0) is 75.7 Å². The van der Waals surface area contributed by atoms with E-state index in [4.69, 9.17) is 10.7 Å². The normalized spacial score (nSPS) is 20.6. The zero-order valence-corrected chi connectivity index (χ0v) is 21.3. The molecule has 7 heteroatoms. The number of anilines is 1. The zero-order valence-electron chi connectivity index (χ0n) is 21.3. The van der Waals surface area contributed by atoms with Gasteiger partial charge in [-0.15, -0.1) is 0 Å². The Morgan fingerprint density at radius 3 is 2.54 bits per heavy atom. The highest BCUT2D eigenvalue weighted by atomic mass is 19.1. The van der Waals surface area contributed by atoms with Crippen molar-refractivity contribution in [2.75, 3.05) is 45.5 Å². The standard InChI is InChI=1S/C26H31FN6.C2H6/c1-19-5-6-22(27)21(16-19)25-30-23(24(28)33(25)20-7-11-29-12-8-20)4-3-13-32-15-10-26(18-32)9-14-31(2)17-26;1-2/h3-8,11-12,16H,9-10,13-15,17-18,28H2,1-2H3;1-2H3/b4-3-;. The zero-order chi connectivity index (χ0) is 25.0. The molecule has 2 aliphatic rings. The molecule has 6 nitrogen and oxygen atoms in total. The van der Waals surface area contributed by atoms with Crippen LogP contribution in [0.15, 0.2) is 48.8 Å². The largest absolute Gasteiger partial charge is 0.383 e. The summed E-state index contributed by atoms with van der Waals surface area (Å²) in [4.78, 5) is 13.8. The molecule has 0 bridgehead atoms. The van der Waals surface area contributed by atoms with Crippen LogP contribution in [0, 0.1) is 18.2 Å². The van der Waals surface area contributed by atoms with Gasteiger partial charge in [-0.3, -0.25) is 14.5 Å². The maximum Gasteiger partial charge on any atom is 0.149 e. The summed E-state index contributed by atoms with van der Waals surface area (Å²) < 4.78 is 16.6. The molecule has 35 heavy (non-hydrogen) atoms. The molecule has 2 saturated heterocycles. The third-order valence-electron chi connectivity index (χ3n) is 7.01. The first kappa shape index (κ1) is 25.1. The number of nitrogen functional groups attached to an aromatic ring is 1. The lowest BCUT2D eigenvalue weighted by molar-refractivity contribution is 0.267. The Labute approximate surface area is 208 Å². The predicted octanol–water partition coefficient (Wildman–Crippen LogP) is 5.03. The Kier molecular flexibility index (Phi) is 7.67. The van der Waals surface area contributed by atoms with Crippen LogP contribution in [0.4, 0.5) is 10.2 Å². The number of rotatable bonds is 5. The van der Waals surface area contributed by atoms with Crippen molar-refractivity contribution in [2.24, 2.45) is 5.41 Å². The summed E-state index contributed by atoms with van der Waals surface area (Å²) in [5.74, 6) is 0.665. The Balaban J connectivity index is 0.00000141. The van der Waals surface area contributed by atoms with Crippen LogP contribution in [0.3, 0.4) is 0 Å². The summed E-state index contributed by atoms with van der Waals surface area (Å²) in [6, 6.07) is 8.75. The van der Waals surface area contributed by atoms with E-state index in [2.05, 4.69) is 27.9 Å². The van der Waals surface area contributed by atoms with Crippen molar-refractivity contribution in [3.05, 3.63) is 65.9 Å². The number of pyridine rings is 1. The molecule has 0 amide bonds. The van der Waals surface area contributed by atoms with Crippen molar-refractivity contribution in [2.45, 2.75) is 33.6 Å². The van der Waals surface area contributed by atoms with E-state index < -0.39 is 0 Å². The number of nitrogens with two attached hydrogens (primary N) is 1. The van der Waals surface area contributed by atoms with Gasteiger partial charge < -0.3 is 10.6 Å². The highest BCUT2D eigenvalue weighted by Crippen LogP contribution is 2.38. The summed E-state index contributed by atoms with van der Waals surface area (Å²) in [6.07, 6.45) is 10.0. The highest BCUT2D eigenvalue weighted by molar-refractivity contribution is 5.71. The van der Waals surface area contributed by atoms with E-state index in [-0.39, 0.29) is 5.82 Å². The molecule has 2 aromatic heterocycles. The summed E-state index contributed by atoms with van der Waals surface area (Å²) >= 11 is 0. The molecule has 1 atom stereocenters. The molecular formula is C28H37FN6. The molecule has 2 aliphatic heterocycles. The van der Waals surface area contributed by atoms with E-state index in [1.165, 1.54) is 32.0 Å². The molecule has 0 aliphatic carbocycles. The van der Waals surface area contributed by atoms with Gasteiger partial charge in [0.2, 0.25) is 0 Å². The van der Waals surface area contributed by atoms with Gasteiger partial charge >= 0.3 is 0 Å². The van der Waals surface area contributed by atoms with Gasteiger partial charge in [0.05, 0.1) is 11.3 Å². The molecule has 0 radical (unpaired) electrons. The first-order valence-corrected chi connectivity index (χ1v) is 12.6. The van der Waals surface area contributed by atoms with Crippen LogP contribution in [-0.2, 0) is 0 Å². The predicted molar refractivity (Wildman–Crippen MR) is 142 cm³/mol. The molecule has 1 unspecified atom stereocenters. The van der Waals surface area contributed by atoms with Crippen molar-refractivity contribution in [1.29, 1.82) is 0 Å². The molecule has 0 saturated carbocycles. The minimum atomic E-state index is -0.319. The smallest absolute Gasteiger partial charge is 0.149 e. The molecule has 186 valence electrons. The summed E-state index contributed by atoms with van der Waals surface area (Å²) in [6.45, 7) is 11.5. The van der Waals surface area contributed by atoms with Crippen LogP contribution < -0.4 is 5.73 Å². The fourth-order valence-corrected chi connectivity index (χ4v) is 5.31. The summed E-state index contributed by atoms with van der Waals surface area (Å²) in [5, 5.41) is 0. The number of aromatic nitrogens is 3. The number of hydrogen-bond donors (Lipinski definition) is 1. The van der Waals surface area contributed by atoms with Gasteiger partial charge in [-0.25, -0.2) is 9.37 Å². The number of likely N-dealkylation sites (tertiary alicyclic amines) is 2. The van der Waals surface area contributed by atoms with Crippen molar-refractivity contribution >= 4 is 11.9 Å². The van der Waals surface area contributed by atoms with E-state index in [0.717, 1.165) is 30.9 Å². The van der Waals surface area contributed by atoms with Gasteiger partial charge in [0.15, 0.2) is 0 Å². The molecule has 1 spiro atoms. The quantitative estimate of drug-likeness (QED) is 0.560. The lowest BCUT2D eigenvalue weighted by atomic mass is 9.86. The number of halogens is 1. The summed E-state index contributed by atoms with van der Waals surface area (Å²) in [7, 11) is 2.22. The second-order valence-electron chi connectivity index (χ2n) is 9.61. The van der Waals surface area contributed by atoms with E-state index in [1.807, 2.05) is 45.0 Å². The molecule has 5 rings (SSSR count). The van der Waals surface area contributed by atoms with Gasteiger partial charge in [-0.1, -0.05) is 31.6 Å². The SMILES string of the molecule is CC.Cc1ccc(F)c(-c2nc(/C=C\CN3CCC4(CCN(C)C4)C3)c(N)n2-c2ccncc2)c1. The van der Waals surface area contributed by atoms with E-state index >= 15 is 0 Å². The van der Waals surface area contributed by atoms with Gasteiger partial charge in [0.1, 0.15) is 23.2 Å². The van der Waals surface area contributed by atoms with Crippen LogP contribution in [0.1, 0.15) is 37.9 Å². The lowest BCUT2D eigenvalue weighted by Crippen LogP contribution is -2.29. The highest BCUT2D eigenvalue weighted by Gasteiger charge is 2.41. The first-order chi connectivity index (χ1) is 16.9. The minimum Gasteiger partial charge on any atom is -0.383 e. The van der Waals surface area contributed by atoms with Crippen LogP contribution in [-0.4, -0.2) is 64.1 Å². The number of aryl methyl sites for hydroxylation is 1. The summed E-state index contributed by atoms with van der Waals surface area (Å²) in [5.41, 5.74) is 9.86. The molecule has 1 aromatic carbocycles. The average molecular weight is 477 g/mol. The Hall–Kier alpha value is -3.03. The second-order valence-corrected chi connectivity index (χ2v) is 9.61. The molecule has 2 fully saturated rings. The van der Waals surface area contributed by atoms with E-state index in [9.17, 15) is 4.39 Å². The second kappa shape index (κ2) is 10.7. The Morgan fingerprint density at radius 2 is 1.83 bits per heavy atom. The fraction of sp³-hybridized carbons (Fsp3) is 0.429. The van der Waals surface area contributed by atoms with Gasteiger partial charge in [-0.2, -0.15) is 0 Å². The van der Waals surface area contributed by atoms with Crippen molar-refractivity contribution in [1.82, 2.24) is 24.3 Å². The minimum absolute atomic E-state index is 0.319. The van der Waals surface area contributed by atoms with Crippen LogP contribution in [0.2, 0.25) is 0 Å². The van der Waals surface area contributed by atoms with E-state index in [1.54, 1.807) is 23.0 Å². The third-order valence-corrected chi connectivity index (χ3v) is 7.01. The fourth-order valence-electron chi connectivity index (χ4n) is 5.31. The van der Waals surface area contributed by atoms with E-state index in [0.29, 0.717) is 28.3 Å². The average Bonchev–Trinajstić information content (AvgIpc) is 3.54. The van der Waals surface area contributed by atoms with Crippen molar-refractivity contribution < 1.29 is 4.39 Å². The number of benzene rings is 1. The number of hydrogen-bond acceptors (Lipinski definition) is 5. The topological polar surface area (TPSA) is 63.2 Å². The lowest BCUT2D eigenvalue weighted by Gasteiger charge is -2.23. The Bertz CT molecular complexity index is 1170. The van der Waals surface area contributed by atoms with Crippen molar-refractivity contribution in [3.63, 3.8) is 0 Å².